The third kappa shape index (κ3) is 2.97. The lowest BCUT2D eigenvalue weighted by Gasteiger charge is -2.32. The van der Waals surface area contributed by atoms with E-state index >= 15 is 0 Å². The standard InChI is InChI=1S/C13H17NO3/c15-10-12(9-11-5-2-1-3-6-11)14-7-4-8-17-13(14)16/h1-3,5-6,12,15H,4,7-10H2/t12-/m0/s1. The van der Waals surface area contributed by atoms with Crippen molar-refractivity contribution >= 4 is 6.09 Å². The van der Waals surface area contributed by atoms with Crippen LogP contribution in [-0.2, 0) is 11.2 Å². The minimum absolute atomic E-state index is 0.0377. The number of carbonyl (C=O) groups is 1. The molecule has 0 saturated carbocycles. The van der Waals surface area contributed by atoms with Crippen LogP contribution in [0.1, 0.15) is 12.0 Å². The van der Waals surface area contributed by atoms with Gasteiger partial charge in [0.1, 0.15) is 0 Å². The summed E-state index contributed by atoms with van der Waals surface area (Å²) in [5.74, 6) is 0. The molecule has 0 bridgehead atoms. The van der Waals surface area contributed by atoms with Gasteiger partial charge in [0.2, 0.25) is 0 Å². The van der Waals surface area contributed by atoms with Gasteiger partial charge in [0, 0.05) is 6.54 Å². The number of hydrogen-bond donors (Lipinski definition) is 1. The number of cyclic esters (lactones) is 1. The number of benzene rings is 1. The second-order valence-electron chi connectivity index (χ2n) is 4.19. The zero-order chi connectivity index (χ0) is 12.1. The van der Waals surface area contributed by atoms with Gasteiger partial charge >= 0.3 is 6.09 Å². The largest absolute Gasteiger partial charge is 0.449 e. The fourth-order valence-corrected chi connectivity index (χ4v) is 2.06. The monoisotopic (exact) mass is 235 g/mol. The average molecular weight is 235 g/mol. The molecule has 1 heterocycles. The Balaban J connectivity index is 2.03. The van der Waals surface area contributed by atoms with Gasteiger partial charge in [0.15, 0.2) is 0 Å². The lowest BCUT2D eigenvalue weighted by atomic mass is 10.1. The van der Waals surface area contributed by atoms with Crippen molar-refractivity contribution in [1.82, 2.24) is 4.90 Å². The third-order valence-corrected chi connectivity index (χ3v) is 2.97. The minimum atomic E-state index is -0.314. The van der Waals surface area contributed by atoms with Gasteiger partial charge < -0.3 is 14.7 Å². The first-order chi connectivity index (χ1) is 8.31. The van der Waals surface area contributed by atoms with Crippen LogP contribution in [0.5, 0.6) is 0 Å². The smallest absolute Gasteiger partial charge is 0.410 e. The molecule has 17 heavy (non-hydrogen) atoms. The van der Waals surface area contributed by atoms with Crippen molar-refractivity contribution in [3.63, 3.8) is 0 Å². The van der Waals surface area contributed by atoms with E-state index in [9.17, 15) is 9.90 Å². The molecule has 0 unspecified atom stereocenters. The van der Waals surface area contributed by atoms with Crippen molar-refractivity contribution < 1.29 is 14.6 Å². The topological polar surface area (TPSA) is 49.8 Å². The molecule has 1 aliphatic heterocycles. The first kappa shape index (κ1) is 11.9. The summed E-state index contributed by atoms with van der Waals surface area (Å²) in [5, 5.41) is 9.41. The van der Waals surface area contributed by atoms with Gasteiger partial charge in [0.25, 0.3) is 0 Å². The number of aliphatic hydroxyl groups excluding tert-OH is 1. The van der Waals surface area contributed by atoms with E-state index in [2.05, 4.69) is 0 Å². The highest BCUT2D eigenvalue weighted by atomic mass is 16.6. The highest BCUT2D eigenvalue weighted by molar-refractivity contribution is 5.68. The first-order valence-corrected chi connectivity index (χ1v) is 5.89. The fourth-order valence-electron chi connectivity index (χ4n) is 2.06. The summed E-state index contributed by atoms with van der Waals surface area (Å²) in [7, 11) is 0. The summed E-state index contributed by atoms with van der Waals surface area (Å²) in [6.45, 7) is 1.11. The van der Waals surface area contributed by atoms with E-state index in [4.69, 9.17) is 4.74 Å². The third-order valence-electron chi connectivity index (χ3n) is 2.97. The molecule has 1 saturated heterocycles. The molecule has 0 aromatic heterocycles. The second-order valence-corrected chi connectivity index (χ2v) is 4.19. The molecule has 92 valence electrons. The number of hydrogen-bond acceptors (Lipinski definition) is 3. The van der Waals surface area contributed by atoms with Crippen LogP contribution in [-0.4, -0.2) is 41.9 Å². The molecule has 1 aliphatic rings. The molecule has 1 fully saturated rings. The van der Waals surface area contributed by atoms with Crippen LogP contribution in [0.2, 0.25) is 0 Å². The SMILES string of the molecule is O=C1OCCCN1[C@H](CO)Cc1ccccc1. The summed E-state index contributed by atoms with van der Waals surface area (Å²) in [4.78, 5) is 13.2. The van der Waals surface area contributed by atoms with Crippen LogP contribution in [0.4, 0.5) is 4.79 Å². The Kier molecular flexibility index (Phi) is 3.98. The highest BCUT2D eigenvalue weighted by Crippen LogP contribution is 2.13. The summed E-state index contributed by atoms with van der Waals surface area (Å²) in [5.41, 5.74) is 1.12. The van der Waals surface area contributed by atoms with Crippen LogP contribution < -0.4 is 0 Å². The van der Waals surface area contributed by atoms with Crippen molar-refractivity contribution in [1.29, 1.82) is 0 Å². The Morgan fingerprint density at radius 1 is 1.35 bits per heavy atom. The number of amides is 1. The maximum Gasteiger partial charge on any atom is 0.410 e. The molecule has 1 N–H and O–H groups in total. The van der Waals surface area contributed by atoms with Crippen molar-refractivity contribution in [2.24, 2.45) is 0 Å². The molecule has 4 heteroatoms. The summed E-state index contributed by atoms with van der Waals surface area (Å²) >= 11 is 0. The van der Waals surface area contributed by atoms with Crippen molar-refractivity contribution in [3.05, 3.63) is 35.9 Å². The van der Waals surface area contributed by atoms with Crippen molar-refractivity contribution in [3.8, 4) is 0 Å². The Morgan fingerprint density at radius 2 is 2.12 bits per heavy atom. The number of nitrogens with zero attached hydrogens (tertiary/aromatic N) is 1. The van der Waals surface area contributed by atoms with E-state index in [0.29, 0.717) is 19.6 Å². The van der Waals surface area contributed by atoms with Gasteiger partial charge in [-0.1, -0.05) is 30.3 Å². The van der Waals surface area contributed by atoms with E-state index < -0.39 is 0 Å². The van der Waals surface area contributed by atoms with Gasteiger partial charge in [0.05, 0.1) is 19.3 Å². The van der Waals surface area contributed by atoms with E-state index in [1.165, 1.54) is 0 Å². The van der Waals surface area contributed by atoms with E-state index in [1.54, 1.807) is 4.90 Å². The molecule has 1 aromatic rings. The fraction of sp³-hybridized carbons (Fsp3) is 0.462. The van der Waals surface area contributed by atoms with Crippen LogP contribution >= 0.6 is 0 Å². The Morgan fingerprint density at radius 3 is 2.76 bits per heavy atom. The molecule has 1 atom stereocenters. The molecule has 1 aromatic carbocycles. The predicted octanol–water partition coefficient (Wildman–Crippen LogP) is 1.43. The quantitative estimate of drug-likeness (QED) is 0.859. The van der Waals surface area contributed by atoms with E-state index in [0.717, 1.165) is 12.0 Å². The molecule has 0 radical (unpaired) electrons. The molecule has 1 amide bonds. The summed E-state index contributed by atoms with van der Waals surface area (Å²) in [6, 6.07) is 9.67. The van der Waals surface area contributed by atoms with Crippen LogP contribution in [0.15, 0.2) is 30.3 Å². The number of aliphatic hydroxyl groups is 1. The van der Waals surface area contributed by atoms with Gasteiger partial charge in [-0.05, 0) is 18.4 Å². The Hall–Kier alpha value is -1.55. The summed E-state index contributed by atoms with van der Waals surface area (Å²) in [6.07, 6.45) is 1.18. The molecule has 0 spiro atoms. The average Bonchev–Trinajstić information content (AvgIpc) is 2.38. The summed E-state index contributed by atoms with van der Waals surface area (Å²) < 4.78 is 4.99. The number of rotatable bonds is 4. The lowest BCUT2D eigenvalue weighted by Crippen LogP contribution is -2.47. The normalized spacial score (nSPS) is 17.7. The van der Waals surface area contributed by atoms with Gasteiger partial charge in [-0.15, -0.1) is 0 Å². The lowest BCUT2D eigenvalue weighted by molar-refractivity contribution is 0.0406. The first-order valence-electron chi connectivity index (χ1n) is 5.89. The van der Waals surface area contributed by atoms with Gasteiger partial charge in [-0.25, -0.2) is 4.79 Å². The zero-order valence-electron chi connectivity index (χ0n) is 9.71. The van der Waals surface area contributed by atoms with Crippen LogP contribution in [0.3, 0.4) is 0 Å². The molecule has 4 nitrogen and oxygen atoms in total. The number of ether oxygens (including phenoxy) is 1. The van der Waals surface area contributed by atoms with Crippen molar-refractivity contribution in [2.45, 2.75) is 18.9 Å². The number of carbonyl (C=O) groups excluding carboxylic acids is 1. The zero-order valence-corrected chi connectivity index (χ0v) is 9.71. The molecule has 2 rings (SSSR count). The minimum Gasteiger partial charge on any atom is -0.449 e. The van der Waals surface area contributed by atoms with Gasteiger partial charge in [-0.3, -0.25) is 0 Å². The van der Waals surface area contributed by atoms with Crippen LogP contribution in [0, 0.1) is 0 Å². The second kappa shape index (κ2) is 5.68. The maximum absolute atomic E-state index is 11.6. The highest BCUT2D eigenvalue weighted by Gasteiger charge is 2.27. The van der Waals surface area contributed by atoms with Gasteiger partial charge in [-0.2, -0.15) is 0 Å². The Bertz CT molecular complexity index is 366. The van der Waals surface area contributed by atoms with Crippen molar-refractivity contribution in [2.75, 3.05) is 19.8 Å². The molecular weight excluding hydrogens is 218 g/mol. The van der Waals surface area contributed by atoms with E-state index in [-0.39, 0.29) is 18.7 Å². The molecular formula is C13H17NO3. The predicted molar refractivity (Wildman–Crippen MR) is 63.7 cm³/mol. The van der Waals surface area contributed by atoms with Crippen LogP contribution in [0.25, 0.3) is 0 Å². The molecule has 0 aliphatic carbocycles. The van der Waals surface area contributed by atoms with E-state index in [1.807, 2.05) is 30.3 Å². The Labute approximate surface area is 101 Å². The maximum atomic E-state index is 11.6.